The Morgan fingerprint density at radius 1 is 1.29 bits per heavy atom. The highest BCUT2D eigenvalue weighted by Gasteiger charge is 2.11. The van der Waals surface area contributed by atoms with Crippen LogP contribution in [0.4, 0.5) is 8.78 Å². The SMILES string of the molecule is CCOc1cc(CNCCNC(C)=O)ccc1OC(F)F. The maximum absolute atomic E-state index is 12.3. The Balaban J connectivity index is 2.54. The van der Waals surface area contributed by atoms with Gasteiger partial charge in [0.25, 0.3) is 0 Å². The van der Waals surface area contributed by atoms with Gasteiger partial charge >= 0.3 is 6.61 Å². The molecule has 0 aliphatic heterocycles. The Labute approximate surface area is 122 Å². The third kappa shape index (κ3) is 6.89. The summed E-state index contributed by atoms with van der Waals surface area (Å²) in [5.41, 5.74) is 0.878. The van der Waals surface area contributed by atoms with Gasteiger partial charge in [-0.25, -0.2) is 0 Å². The number of rotatable bonds is 9. The largest absolute Gasteiger partial charge is 0.490 e. The van der Waals surface area contributed by atoms with Gasteiger partial charge in [0, 0.05) is 26.6 Å². The molecule has 7 heteroatoms. The molecule has 0 spiro atoms. The summed E-state index contributed by atoms with van der Waals surface area (Å²) in [4.78, 5) is 10.7. The lowest BCUT2D eigenvalue weighted by atomic mass is 10.2. The van der Waals surface area contributed by atoms with Crippen LogP contribution < -0.4 is 20.1 Å². The van der Waals surface area contributed by atoms with E-state index in [2.05, 4.69) is 15.4 Å². The molecule has 21 heavy (non-hydrogen) atoms. The van der Waals surface area contributed by atoms with Crippen LogP contribution in [0.3, 0.4) is 0 Å². The first-order valence-corrected chi connectivity index (χ1v) is 6.68. The van der Waals surface area contributed by atoms with E-state index in [4.69, 9.17) is 4.74 Å². The van der Waals surface area contributed by atoms with Crippen molar-refractivity contribution in [3.63, 3.8) is 0 Å². The van der Waals surface area contributed by atoms with Crippen molar-refractivity contribution >= 4 is 5.91 Å². The Kier molecular flexibility index (Phi) is 7.45. The first-order valence-electron chi connectivity index (χ1n) is 6.68. The van der Waals surface area contributed by atoms with E-state index in [1.54, 1.807) is 19.1 Å². The number of hydrogen-bond acceptors (Lipinski definition) is 4. The lowest BCUT2D eigenvalue weighted by molar-refractivity contribution is -0.118. The second-order valence-electron chi connectivity index (χ2n) is 4.25. The van der Waals surface area contributed by atoms with Crippen molar-refractivity contribution in [2.75, 3.05) is 19.7 Å². The lowest BCUT2D eigenvalue weighted by Crippen LogP contribution is -2.29. The van der Waals surface area contributed by atoms with Crippen molar-refractivity contribution in [2.24, 2.45) is 0 Å². The number of carbonyl (C=O) groups excluding carboxylic acids is 1. The summed E-state index contributed by atoms with van der Waals surface area (Å²) < 4.78 is 34.2. The number of nitrogens with one attached hydrogen (secondary N) is 2. The fourth-order valence-electron chi connectivity index (χ4n) is 1.68. The van der Waals surface area contributed by atoms with Crippen molar-refractivity contribution in [3.05, 3.63) is 23.8 Å². The minimum Gasteiger partial charge on any atom is -0.490 e. The molecule has 0 radical (unpaired) electrons. The van der Waals surface area contributed by atoms with Gasteiger partial charge in [0.1, 0.15) is 0 Å². The fourth-order valence-corrected chi connectivity index (χ4v) is 1.68. The summed E-state index contributed by atoms with van der Waals surface area (Å²) in [6, 6.07) is 4.81. The molecule has 0 bridgehead atoms. The monoisotopic (exact) mass is 302 g/mol. The molecule has 0 fully saturated rings. The number of amides is 1. The molecule has 0 unspecified atom stereocenters. The zero-order valence-corrected chi connectivity index (χ0v) is 12.1. The van der Waals surface area contributed by atoms with E-state index in [1.165, 1.54) is 13.0 Å². The van der Waals surface area contributed by atoms with E-state index in [1.807, 2.05) is 0 Å². The van der Waals surface area contributed by atoms with Gasteiger partial charge in [-0.15, -0.1) is 0 Å². The molecule has 1 aromatic rings. The van der Waals surface area contributed by atoms with Gasteiger partial charge in [-0.05, 0) is 24.6 Å². The van der Waals surface area contributed by atoms with Gasteiger partial charge in [-0.2, -0.15) is 8.78 Å². The molecule has 0 saturated heterocycles. The van der Waals surface area contributed by atoms with Crippen LogP contribution in [0.5, 0.6) is 11.5 Å². The number of benzene rings is 1. The Bertz CT molecular complexity index is 456. The molecule has 2 N–H and O–H groups in total. The van der Waals surface area contributed by atoms with Crippen LogP contribution in [-0.4, -0.2) is 32.2 Å². The quantitative estimate of drug-likeness (QED) is 0.684. The van der Waals surface area contributed by atoms with Gasteiger partial charge in [-0.1, -0.05) is 6.07 Å². The lowest BCUT2D eigenvalue weighted by Gasteiger charge is -2.13. The predicted molar refractivity (Wildman–Crippen MR) is 74.6 cm³/mol. The molecule has 1 amide bonds. The minimum atomic E-state index is -2.88. The summed E-state index contributed by atoms with van der Waals surface area (Å²) >= 11 is 0. The first-order chi connectivity index (χ1) is 10.0. The molecule has 0 atom stereocenters. The molecule has 5 nitrogen and oxygen atoms in total. The normalized spacial score (nSPS) is 10.5. The molecule has 118 valence electrons. The standard InChI is InChI=1S/C14H20F2N2O3/c1-3-20-13-8-11(4-5-12(13)21-14(15)16)9-17-6-7-18-10(2)19/h4-5,8,14,17H,3,6-7,9H2,1-2H3,(H,18,19). The van der Waals surface area contributed by atoms with Crippen molar-refractivity contribution in [1.82, 2.24) is 10.6 Å². The van der Waals surface area contributed by atoms with Gasteiger partial charge in [-0.3, -0.25) is 4.79 Å². The molecule has 0 aromatic heterocycles. The van der Waals surface area contributed by atoms with Gasteiger partial charge in [0.2, 0.25) is 5.91 Å². The average Bonchev–Trinajstić information content (AvgIpc) is 2.40. The van der Waals surface area contributed by atoms with E-state index in [0.717, 1.165) is 5.56 Å². The van der Waals surface area contributed by atoms with Crippen LogP contribution in [0.1, 0.15) is 19.4 Å². The van der Waals surface area contributed by atoms with Crippen LogP contribution in [0.15, 0.2) is 18.2 Å². The zero-order valence-electron chi connectivity index (χ0n) is 12.1. The third-order valence-corrected chi connectivity index (χ3v) is 2.53. The van der Waals surface area contributed by atoms with Crippen molar-refractivity contribution in [1.29, 1.82) is 0 Å². The molecular formula is C14H20F2N2O3. The van der Waals surface area contributed by atoms with Gasteiger partial charge in [0.15, 0.2) is 11.5 Å². The highest BCUT2D eigenvalue weighted by molar-refractivity contribution is 5.72. The maximum Gasteiger partial charge on any atom is 0.387 e. The number of carbonyl (C=O) groups is 1. The second-order valence-corrected chi connectivity index (χ2v) is 4.25. The smallest absolute Gasteiger partial charge is 0.387 e. The predicted octanol–water partition coefficient (Wildman–Crippen LogP) is 1.91. The summed E-state index contributed by atoms with van der Waals surface area (Å²) in [5.74, 6) is 0.233. The highest BCUT2D eigenvalue weighted by atomic mass is 19.3. The summed E-state index contributed by atoms with van der Waals surface area (Å²) in [6.45, 7) is 2.37. The Morgan fingerprint density at radius 3 is 2.67 bits per heavy atom. The molecule has 0 heterocycles. The van der Waals surface area contributed by atoms with Crippen LogP contribution in [-0.2, 0) is 11.3 Å². The van der Waals surface area contributed by atoms with E-state index < -0.39 is 6.61 Å². The number of alkyl halides is 2. The van der Waals surface area contributed by atoms with Crippen LogP contribution in [0.25, 0.3) is 0 Å². The number of ether oxygens (including phenoxy) is 2. The Hall–Kier alpha value is -1.89. The number of halogens is 2. The fraction of sp³-hybridized carbons (Fsp3) is 0.500. The van der Waals surface area contributed by atoms with Crippen LogP contribution >= 0.6 is 0 Å². The van der Waals surface area contributed by atoms with E-state index in [9.17, 15) is 13.6 Å². The molecular weight excluding hydrogens is 282 g/mol. The molecule has 0 saturated carbocycles. The summed E-state index contributed by atoms with van der Waals surface area (Å²) in [5, 5.41) is 5.79. The summed E-state index contributed by atoms with van der Waals surface area (Å²) in [6.07, 6.45) is 0. The van der Waals surface area contributed by atoms with E-state index in [-0.39, 0.29) is 11.7 Å². The molecule has 0 aliphatic rings. The van der Waals surface area contributed by atoms with Crippen LogP contribution in [0.2, 0.25) is 0 Å². The van der Waals surface area contributed by atoms with E-state index in [0.29, 0.717) is 32.0 Å². The number of hydrogen-bond donors (Lipinski definition) is 2. The molecule has 0 aliphatic carbocycles. The van der Waals surface area contributed by atoms with Gasteiger partial charge < -0.3 is 20.1 Å². The van der Waals surface area contributed by atoms with Crippen molar-refractivity contribution < 1.29 is 23.0 Å². The summed E-state index contributed by atoms with van der Waals surface area (Å²) in [7, 11) is 0. The average molecular weight is 302 g/mol. The highest BCUT2D eigenvalue weighted by Crippen LogP contribution is 2.29. The van der Waals surface area contributed by atoms with Crippen molar-refractivity contribution in [2.45, 2.75) is 27.0 Å². The van der Waals surface area contributed by atoms with Gasteiger partial charge in [0.05, 0.1) is 6.61 Å². The van der Waals surface area contributed by atoms with Crippen LogP contribution in [0, 0.1) is 0 Å². The Morgan fingerprint density at radius 2 is 2.05 bits per heavy atom. The second kappa shape index (κ2) is 9.12. The zero-order chi connectivity index (χ0) is 15.7. The van der Waals surface area contributed by atoms with Crippen molar-refractivity contribution in [3.8, 4) is 11.5 Å². The molecule has 1 rings (SSSR count). The maximum atomic E-state index is 12.3. The minimum absolute atomic E-state index is 0.0221. The topological polar surface area (TPSA) is 59.6 Å². The third-order valence-electron chi connectivity index (χ3n) is 2.53. The molecule has 1 aromatic carbocycles. The van der Waals surface area contributed by atoms with E-state index >= 15 is 0 Å². The first kappa shape index (κ1) is 17.2.